The first-order valence-electron chi connectivity index (χ1n) is 28.7. The lowest BCUT2D eigenvalue weighted by Gasteiger charge is -2.50. The van der Waals surface area contributed by atoms with Crippen LogP contribution in [0.5, 0.6) is 0 Å². The standard InChI is InChI=1S/C56H105N17/c1-21-70(39-31-49(5,6)64-50(7,8)32-39)45-58-43(59-46(62-45)71(22-2)40-33-51(9,10)65-52(11,12)34-40)57-25-26-68-27-29-69(30-28-68)44-60-47(72(23-3)41-35-53(13,14)66-54(15,16)36-41)63-48(61-44)73(24-4)42-37-55(17,18)67-56(19,20)38-42/h39-42,64-67H,21-38H2,1-20H3,(H,57,58,59,62). The summed E-state index contributed by atoms with van der Waals surface area (Å²) in [6, 6.07) is 1.19. The number of nitrogens with zero attached hydrogens (tertiary/aromatic N) is 12. The summed E-state index contributed by atoms with van der Waals surface area (Å²) in [7, 11) is 0. The van der Waals surface area contributed by atoms with Gasteiger partial charge in [0.2, 0.25) is 35.7 Å². The molecule has 0 spiro atoms. The second kappa shape index (κ2) is 21.2. The molecule has 2 aromatic rings. The second-order valence-corrected chi connectivity index (χ2v) is 28.2. The molecule has 0 bridgehead atoms. The number of aromatic nitrogens is 6. The van der Waals surface area contributed by atoms with Crippen LogP contribution in [0, 0.1) is 0 Å². The van der Waals surface area contributed by atoms with Crippen molar-refractivity contribution < 1.29 is 0 Å². The fraction of sp³-hybridized carbons (Fsp3) is 0.893. The molecule has 0 aromatic carbocycles. The van der Waals surface area contributed by atoms with E-state index in [1.165, 1.54) is 0 Å². The number of hydrogen-bond donors (Lipinski definition) is 5. The summed E-state index contributed by atoms with van der Waals surface area (Å²) in [4.78, 5) is 46.9. The largest absolute Gasteiger partial charge is 0.353 e. The van der Waals surface area contributed by atoms with Crippen LogP contribution in [-0.2, 0) is 0 Å². The van der Waals surface area contributed by atoms with Crippen LogP contribution in [0.15, 0.2) is 0 Å². The first kappa shape index (κ1) is 57.3. The lowest BCUT2D eigenvalue weighted by molar-refractivity contribution is 0.157. The summed E-state index contributed by atoms with van der Waals surface area (Å²) < 4.78 is 0. The van der Waals surface area contributed by atoms with E-state index in [4.69, 9.17) is 29.9 Å². The van der Waals surface area contributed by atoms with Gasteiger partial charge in [0.25, 0.3) is 0 Å². The fourth-order valence-corrected chi connectivity index (χ4v) is 15.1. The summed E-state index contributed by atoms with van der Waals surface area (Å²) >= 11 is 0. The predicted octanol–water partition coefficient (Wildman–Crippen LogP) is 7.83. The first-order valence-corrected chi connectivity index (χ1v) is 28.7. The van der Waals surface area contributed by atoms with Gasteiger partial charge in [-0.15, -0.1) is 0 Å². The number of rotatable bonds is 17. The molecular weight excluding hydrogens is 911 g/mol. The van der Waals surface area contributed by atoms with Crippen LogP contribution in [0.1, 0.15) is 190 Å². The molecule has 0 aliphatic carbocycles. The highest BCUT2D eigenvalue weighted by Gasteiger charge is 2.45. The van der Waals surface area contributed by atoms with Gasteiger partial charge in [-0.3, -0.25) is 4.90 Å². The van der Waals surface area contributed by atoms with Gasteiger partial charge in [0.05, 0.1) is 0 Å². The number of hydrogen-bond acceptors (Lipinski definition) is 17. The molecule has 0 atom stereocenters. The van der Waals surface area contributed by atoms with Gasteiger partial charge in [-0.05, 0) is 190 Å². The van der Waals surface area contributed by atoms with Crippen LogP contribution in [-0.4, -0.2) is 169 Å². The highest BCUT2D eigenvalue weighted by atomic mass is 15.4. The van der Waals surface area contributed by atoms with Crippen molar-refractivity contribution >= 4 is 35.7 Å². The minimum atomic E-state index is -0.00810. The molecule has 2 aromatic heterocycles. The molecule has 5 fully saturated rings. The Bertz CT molecular complexity index is 1960. The third kappa shape index (κ3) is 14.6. The molecule has 17 nitrogen and oxygen atoms in total. The zero-order valence-corrected chi connectivity index (χ0v) is 49.9. The van der Waals surface area contributed by atoms with E-state index < -0.39 is 0 Å². The van der Waals surface area contributed by atoms with E-state index in [1.807, 2.05) is 0 Å². The Balaban J connectivity index is 1.12. The maximum atomic E-state index is 5.43. The topological polar surface area (TPSA) is 157 Å². The molecule has 7 rings (SSSR count). The first-order chi connectivity index (χ1) is 33.7. The van der Waals surface area contributed by atoms with Gasteiger partial charge in [0.1, 0.15) is 0 Å². The normalized spacial score (nSPS) is 25.0. The van der Waals surface area contributed by atoms with Gasteiger partial charge in [0, 0.05) is 134 Å². The van der Waals surface area contributed by atoms with Crippen LogP contribution in [0.4, 0.5) is 35.7 Å². The van der Waals surface area contributed by atoms with Crippen molar-refractivity contribution in [3.05, 3.63) is 0 Å². The number of piperazine rings is 1. The van der Waals surface area contributed by atoms with Crippen molar-refractivity contribution in [2.75, 3.05) is 95.3 Å². The van der Waals surface area contributed by atoms with E-state index in [9.17, 15) is 0 Å². The van der Waals surface area contributed by atoms with E-state index in [2.05, 4.69) is 194 Å². The molecule has 0 unspecified atom stereocenters. The monoisotopic (exact) mass is 1020 g/mol. The summed E-state index contributed by atoms with van der Waals surface area (Å²) in [6.07, 6.45) is 8.13. The lowest BCUT2D eigenvalue weighted by Crippen LogP contribution is -2.63. The highest BCUT2D eigenvalue weighted by Crippen LogP contribution is 2.39. The Morgan fingerprint density at radius 1 is 0.397 bits per heavy atom. The van der Waals surface area contributed by atoms with Gasteiger partial charge in [-0.1, -0.05) is 0 Å². The molecule has 17 heteroatoms. The van der Waals surface area contributed by atoms with Crippen molar-refractivity contribution in [1.29, 1.82) is 0 Å². The quantitative estimate of drug-likeness (QED) is 0.104. The van der Waals surface area contributed by atoms with Gasteiger partial charge in [0.15, 0.2) is 0 Å². The molecule has 0 saturated carbocycles. The molecule has 0 radical (unpaired) electrons. The van der Waals surface area contributed by atoms with Crippen molar-refractivity contribution in [3.8, 4) is 0 Å². The molecule has 73 heavy (non-hydrogen) atoms. The van der Waals surface area contributed by atoms with Gasteiger partial charge in [-0.2, -0.15) is 29.9 Å². The van der Waals surface area contributed by atoms with Crippen LogP contribution in [0.3, 0.4) is 0 Å². The predicted molar refractivity (Wildman–Crippen MR) is 306 cm³/mol. The maximum absolute atomic E-state index is 5.43. The zero-order valence-electron chi connectivity index (χ0n) is 49.9. The third-order valence-corrected chi connectivity index (χ3v) is 16.4. The lowest BCUT2D eigenvalue weighted by atomic mass is 9.79. The Labute approximate surface area is 443 Å². The Hall–Kier alpha value is -3.38. The van der Waals surface area contributed by atoms with E-state index in [0.29, 0.717) is 30.1 Å². The average molecular weight is 1020 g/mol. The summed E-state index contributed by atoms with van der Waals surface area (Å²) in [6.45, 7) is 54.7. The summed E-state index contributed by atoms with van der Waals surface area (Å²) in [5.41, 5.74) is -0.0532. The van der Waals surface area contributed by atoms with Gasteiger partial charge >= 0.3 is 0 Å². The van der Waals surface area contributed by atoms with Crippen molar-refractivity contribution in [1.82, 2.24) is 56.1 Å². The number of anilines is 6. The fourth-order valence-electron chi connectivity index (χ4n) is 15.1. The Morgan fingerprint density at radius 2 is 0.658 bits per heavy atom. The van der Waals surface area contributed by atoms with E-state index in [1.54, 1.807) is 0 Å². The van der Waals surface area contributed by atoms with Crippen molar-refractivity contribution in [2.45, 2.75) is 258 Å². The summed E-state index contributed by atoms with van der Waals surface area (Å²) in [5, 5.41) is 19.3. The zero-order chi connectivity index (χ0) is 53.7. The summed E-state index contributed by atoms with van der Waals surface area (Å²) in [5.74, 6) is 4.60. The molecule has 414 valence electrons. The van der Waals surface area contributed by atoms with Gasteiger partial charge in [-0.25, -0.2) is 0 Å². The molecule has 0 amide bonds. The van der Waals surface area contributed by atoms with E-state index in [-0.39, 0.29) is 44.3 Å². The third-order valence-electron chi connectivity index (χ3n) is 16.4. The van der Waals surface area contributed by atoms with E-state index >= 15 is 0 Å². The van der Waals surface area contributed by atoms with Crippen LogP contribution in [0.2, 0.25) is 0 Å². The minimum Gasteiger partial charge on any atom is -0.353 e. The van der Waals surface area contributed by atoms with E-state index in [0.717, 1.165) is 147 Å². The van der Waals surface area contributed by atoms with Crippen LogP contribution < -0.4 is 51.1 Å². The molecular formula is C56H105N17. The Morgan fingerprint density at radius 3 is 0.918 bits per heavy atom. The highest BCUT2D eigenvalue weighted by molar-refractivity contribution is 5.50. The van der Waals surface area contributed by atoms with Crippen molar-refractivity contribution in [2.24, 2.45) is 0 Å². The van der Waals surface area contributed by atoms with Gasteiger partial charge < -0.3 is 51.1 Å². The minimum absolute atomic E-state index is 0.00521. The number of nitrogens with one attached hydrogen (secondary N) is 5. The molecule has 5 aliphatic heterocycles. The Kier molecular flexibility index (Phi) is 16.7. The molecule has 5 N–H and O–H groups in total. The molecule has 5 saturated heterocycles. The smallest absolute Gasteiger partial charge is 0.232 e. The van der Waals surface area contributed by atoms with Crippen LogP contribution in [0.25, 0.3) is 0 Å². The van der Waals surface area contributed by atoms with Crippen LogP contribution >= 0.6 is 0 Å². The second-order valence-electron chi connectivity index (χ2n) is 28.2. The van der Waals surface area contributed by atoms with Crippen molar-refractivity contribution in [3.63, 3.8) is 0 Å². The SMILES string of the molecule is CCN(c1nc(NCCN2CCN(c3nc(N(CC)C4CC(C)(C)NC(C)(C)C4)nc(N(CC)C4CC(C)(C)NC(C)(C)C4)n3)CC2)nc(N(CC)C2CC(C)(C)NC(C)(C)C2)n1)C1CC(C)(C)NC(C)(C)C1. The maximum Gasteiger partial charge on any atom is 0.232 e. The molecule has 7 heterocycles. The molecule has 5 aliphatic rings. The average Bonchev–Trinajstić information content (AvgIpc) is 3.20. The number of piperidine rings is 4.